The first kappa shape index (κ1) is 13.5. The third kappa shape index (κ3) is 4.10. The topological polar surface area (TPSA) is 49.8 Å². The van der Waals surface area contributed by atoms with Gasteiger partial charge in [-0.05, 0) is 40.5 Å². The third-order valence-corrected chi connectivity index (χ3v) is 2.79. The minimum Gasteiger partial charge on any atom is -0.459 e. The van der Waals surface area contributed by atoms with E-state index in [4.69, 9.17) is 4.74 Å². The molecule has 1 atom stereocenters. The van der Waals surface area contributed by atoms with Crippen LogP contribution in [0.4, 0.5) is 0 Å². The second-order valence-electron chi connectivity index (χ2n) is 5.48. The van der Waals surface area contributed by atoms with Gasteiger partial charge in [-0.2, -0.15) is 0 Å². The Balaban J connectivity index is 2.45. The molecule has 0 aromatic carbocycles. The Labute approximate surface area is 97.6 Å². The van der Waals surface area contributed by atoms with Crippen molar-refractivity contribution in [3.05, 3.63) is 0 Å². The predicted octanol–water partition coefficient (Wildman–Crippen LogP) is 1.17. The summed E-state index contributed by atoms with van der Waals surface area (Å²) >= 11 is 0. The lowest BCUT2D eigenvalue weighted by atomic mass is 10.1. The zero-order chi connectivity index (χ0) is 12.3. The number of aliphatic hydroxyl groups excluding tert-OH is 1. The number of likely N-dealkylation sites (tertiary alicyclic amines) is 1. The second-order valence-corrected chi connectivity index (χ2v) is 5.48. The van der Waals surface area contributed by atoms with E-state index in [9.17, 15) is 9.90 Å². The Kier molecular flexibility index (Phi) is 4.33. The molecule has 0 amide bonds. The van der Waals surface area contributed by atoms with Gasteiger partial charge in [0, 0.05) is 13.1 Å². The highest BCUT2D eigenvalue weighted by Crippen LogP contribution is 2.16. The summed E-state index contributed by atoms with van der Waals surface area (Å²) in [6, 6.07) is -0.216. The maximum atomic E-state index is 11.8. The summed E-state index contributed by atoms with van der Waals surface area (Å²) in [5.74, 6) is -0.177. The van der Waals surface area contributed by atoms with Crippen LogP contribution in [-0.2, 0) is 9.53 Å². The van der Waals surface area contributed by atoms with Gasteiger partial charge in [-0.15, -0.1) is 0 Å². The molecule has 4 heteroatoms. The summed E-state index contributed by atoms with van der Waals surface area (Å²) in [7, 11) is 0. The number of esters is 1. The summed E-state index contributed by atoms with van der Waals surface area (Å²) in [5.41, 5.74) is -0.430. The molecule has 0 spiro atoms. The highest BCUT2D eigenvalue weighted by molar-refractivity contribution is 5.75. The minimum atomic E-state index is -0.430. The molecule has 0 bridgehead atoms. The Hall–Kier alpha value is -0.610. The van der Waals surface area contributed by atoms with Crippen molar-refractivity contribution in [1.29, 1.82) is 0 Å². The summed E-state index contributed by atoms with van der Waals surface area (Å²) in [6.45, 7) is 9.02. The van der Waals surface area contributed by atoms with Gasteiger partial charge < -0.3 is 9.84 Å². The number of rotatable bonds is 2. The van der Waals surface area contributed by atoms with E-state index < -0.39 is 5.60 Å². The van der Waals surface area contributed by atoms with Crippen LogP contribution in [0.15, 0.2) is 0 Å². The van der Waals surface area contributed by atoms with Crippen LogP contribution >= 0.6 is 0 Å². The summed E-state index contributed by atoms with van der Waals surface area (Å²) in [5, 5.41) is 9.39. The third-order valence-electron chi connectivity index (χ3n) is 2.79. The van der Waals surface area contributed by atoms with Crippen molar-refractivity contribution in [2.24, 2.45) is 0 Å². The van der Waals surface area contributed by atoms with Gasteiger partial charge in [-0.25, -0.2) is 0 Å². The van der Waals surface area contributed by atoms with Gasteiger partial charge in [0.25, 0.3) is 0 Å². The average molecular weight is 229 g/mol. The van der Waals surface area contributed by atoms with Gasteiger partial charge in [-0.1, -0.05) is 0 Å². The lowest BCUT2D eigenvalue weighted by Crippen LogP contribution is -2.47. The predicted molar refractivity (Wildman–Crippen MR) is 62.1 cm³/mol. The Morgan fingerprint density at radius 3 is 2.31 bits per heavy atom. The minimum absolute atomic E-state index is 0.177. The van der Waals surface area contributed by atoms with E-state index in [1.165, 1.54) is 0 Å². The van der Waals surface area contributed by atoms with Gasteiger partial charge in [0.05, 0.1) is 6.10 Å². The fraction of sp³-hybridized carbons (Fsp3) is 0.917. The van der Waals surface area contributed by atoms with Crippen molar-refractivity contribution in [1.82, 2.24) is 4.90 Å². The Morgan fingerprint density at radius 1 is 1.38 bits per heavy atom. The summed E-state index contributed by atoms with van der Waals surface area (Å²) < 4.78 is 5.34. The van der Waals surface area contributed by atoms with E-state index in [1.807, 2.05) is 27.7 Å². The molecule has 0 aliphatic carbocycles. The number of carbonyl (C=O) groups is 1. The van der Waals surface area contributed by atoms with Crippen LogP contribution in [0.1, 0.15) is 40.5 Å². The first-order valence-corrected chi connectivity index (χ1v) is 5.94. The van der Waals surface area contributed by atoms with E-state index in [1.54, 1.807) is 0 Å². The van der Waals surface area contributed by atoms with Crippen molar-refractivity contribution in [2.45, 2.75) is 58.3 Å². The summed E-state index contributed by atoms with van der Waals surface area (Å²) in [6.07, 6.45) is 1.28. The van der Waals surface area contributed by atoms with Crippen molar-refractivity contribution >= 4 is 5.97 Å². The van der Waals surface area contributed by atoms with Crippen molar-refractivity contribution in [2.75, 3.05) is 13.1 Å². The quantitative estimate of drug-likeness (QED) is 0.722. The molecule has 4 nitrogen and oxygen atoms in total. The van der Waals surface area contributed by atoms with Crippen molar-refractivity contribution in [3.8, 4) is 0 Å². The van der Waals surface area contributed by atoms with Crippen molar-refractivity contribution < 1.29 is 14.6 Å². The number of hydrogen-bond acceptors (Lipinski definition) is 4. The molecule has 0 aromatic rings. The lowest BCUT2D eigenvalue weighted by molar-refractivity contribution is -0.161. The Bertz CT molecular complexity index is 239. The maximum absolute atomic E-state index is 11.8. The van der Waals surface area contributed by atoms with Gasteiger partial charge in [0.1, 0.15) is 11.6 Å². The molecule has 0 radical (unpaired) electrons. The standard InChI is InChI=1S/C12H23NO3/c1-9(11(15)16-12(2,3)4)13-7-5-10(14)6-8-13/h9-10,14H,5-8H2,1-4H3. The molecule has 1 N–H and O–H groups in total. The first-order chi connectivity index (χ1) is 7.29. The fourth-order valence-electron chi connectivity index (χ4n) is 1.81. The molecule has 1 fully saturated rings. The fourth-order valence-corrected chi connectivity index (χ4v) is 1.81. The van der Waals surface area contributed by atoms with Gasteiger partial charge in [-0.3, -0.25) is 9.69 Å². The molecule has 16 heavy (non-hydrogen) atoms. The first-order valence-electron chi connectivity index (χ1n) is 5.94. The molecule has 1 aliphatic rings. The molecule has 1 rings (SSSR count). The normalized spacial score (nSPS) is 21.8. The van der Waals surface area contributed by atoms with Crippen LogP contribution in [-0.4, -0.2) is 46.8 Å². The zero-order valence-corrected chi connectivity index (χ0v) is 10.7. The van der Waals surface area contributed by atoms with Crippen LogP contribution in [0.2, 0.25) is 0 Å². The Morgan fingerprint density at radius 2 is 1.88 bits per heavy atom. The highest BCUT2D eigenvalue weighted by atomic mass is 16.6. The van der Waals surface area contributed by atoms with E-state index in [2.05, 4.69) is 4.90 Å². The molecule has 0 aromatic heterocycles. The van der Waals surface area contributed by atoms with Gasteiger partial charge in [0.2, 0.25) is 0 Å². The van der Waals surface area contributed by atoms with Crippen LogP contribution in [0.3, 0.4) is 0 Å². The molecule has 1 unspecified atom stereocenters. The van der Waals surface area contributed by atoms with Crippen LogP contribution in [0, 0.1) is 0 Å². The van der Waals surface area contributed by atoms with Crippen molar-refractivity contribution in [3.63, 3.8) is 0 Å². The van der Waals surface area contributed by atoms with E-state index in [-0.39, 0.29) is 18.1 Å². The number of hydrogen-bond donors (Lipinski definition) is 1. The van der Waals surface area contributed by atoms with Crippen LogP contribution in [0.25, 0.3) is 0 Å². The molecular weight excluding hydrogens is 206 g/mol. The van der Waals surface area contributed by atoms with E-state index in [0.29, 0.717) is 0 Å². The second kappa shape index (κ2) is 5.15. The van der Waals surface area contributed by atoms with Crippen LogP contribution < -0.4 is 0 Å². The number of ether oxygens (including phenoxy) is 1. The SMILES string of the molecule is CC(C(=O)OC(C)(C)C)N1CCC(O)CC1. The highest BCUT2D eigenvalue weighted by Gasteiger charge is 2.29. The smallest absolute Gasteiger partial charge is 0.323 e. The van der Waals surface area contributed by atoms with E-state index in [0.717, 1.165) is 25.9 Å². The number of aliphatic hydroxyl groups is 1. The average Bonchev–Trinajstić information content (AvgIpc) is 2.15. The van der Waals surface area contributed by atoms with Gasteiger partial charge in [0.15, 0.2) is 0 Å². The molecule has 94 valence electrons. The molecule has 1 aliphatic heterocycles. The zero-order valence-electron chi connectivity index (χ0n) is 10.7. The molecule has 0 saturated carbocycles. The number of nitrogens with zero attached hydrogens (tertiary/aromatic N) is 1. The van der Waals surface area contributed by atoms with Gasteiger partial charge >= 0.3 is 5.97 Å². The molecule has 1 saturated heterocycles. The lowest BCUT2D eigenvalue weighted by Gasteiger charge is -2.34. The van der Waals surface area contributed by atoms with E-state index >= 15 is 0 Å². The molecular formula is C12H23NO3. The summed E-state index contributed by atoms with van der Waals surface area (Å²) in [4.78, 5) is 13.9. The number of carbonyl (C=O) groups excluding carboxylic acids is 1. The largest absolute Gasteiger partial charge is 0.459 e. The maximum Gasteiger partial charge on any atom is 0.323 e. The monoisotopic (exact) mass is 229 g/mol. The van der Waals surface area contributed by atoms with Crippen LogP contribution in [0.5, 0.6) is 0 Å². The number of piperidine rings is 1. The molecule has 1 heterocycles.